The molecule has 0 bridgehead atoms. The Balaban J connectivity index is 0.00000324. The molecule has 0 saturated heterocycles. The maximum Gasteiger partial charge on any atom is 0.188 e. The lowest BCUT2D eigenvalue weighted by atomic mass is 10.2. The number of hydrogen-bond acceptors (Lipinski definition) is 3. The topological polar surface area (TPSA) is 66.5 Å². The summed E-state index contributed by atoms with van der Waals surface area (Å²) in [4.78, 5) is 10.6. The van der Waals surface area contributed by atoms with Gasteiger partial charge in [0.2, 0.25) is 0 Å². The van der Waals surface area contributed by atoms with Gasteiger partial charge in [0.15, 0.2) is 5.96 Å². The second kappa shape index (κ2) is 9.82. The van der Waals surface area contributed by atoms with E-state index in [1.54, 1.807) is 6.20 Å². The highest BCUT2D eigenvalue weighted by Crippen LogP contribution is 2.14. The van der Waals surface area contributed by atoms with E-state index in [1.807, 2.05) is 31.1 Å². The Labute approximate surface area is 132 Å². The van der Waals surface area contributed by atoms with E-state index in [-0.39, 0.29) is 24.0 Å². The first-order valence-corrected chi connectivity index (χ1v) is 6.30. The molecule has 0 aliphatic heterocycles. The van der Waals surface area contributed by atoms with Crippen LogP contribution in [0.5, 0.6) is 0 Å². The van der Waals surface area contributed by atoms with Gasteiger partial charge in [0.25, 0.3) is 0 Å². The highest BCUT2D eigenvalue weighted by atomic mass is 127. The summed E-state index contributed by atoms with van der Waals surface area (Å²) < 4.78 is 0. The number of guanidine groups is 1. The maximum atomic E-state index is 5.79. The van der Waals surface area contributed by atoms with Crippen LogP contribution in [0.3, 0.4) is 0 Å². The first-order valence-electron chi connectivity index (χ1n) is 6.30. The molecule has 0 spiro atoms. The summed E-state index contributed by atoms with van der Waals surface area (Å²) in [6, 6.07) is 3.93. The summed E-state index contributed by atoms with van der Waals surface area (Å²) in [6.07, 6.45) is 4.03. The molecule has 0 fully saturated rings. The highest BCUT2D eigenvalue weighted by molar-refractivity contribution is 14.0. The number of nitrogens with two attached hydrogens (primary N) is 1. The van der Waals surface area contributed by atoms with Gasteiger partial charge in [-0.25, -0.2) is 9.98 Å². The second-order valence-corrected chi connectivity index (χ2v) is 4.36. The number of hydrogen-bond donors (Lipinski definition) is 2. The van der Waals surface area contributed by atoms with Crippen molar-refractivity contribution in [2.45, 2.75) is 26.3 Å². The van der Waals surface area contributed by atoms with Crippen LogP contribution in [-0.4, -0.2) is 31.6 Å². The Morgan fingerprint density at radius 1 is 1.47 bits per heavy atom. The number of aromatic nitrogens is 1. The van der Waals surface area contributed by atoms with Crippen molar-refractivity contribution in [3.05, 3.63) is 23.9 Å². The first kappa shape index (κ1) is 17.9. The molecule has 19 heavy (non-hydrogen) atoms. The van der Waals surface area contributed by atoms with E-state index >= 15 is 0 Å². The number of aliphatic imine (C=N–C) groups is 1. The Kier molecular flexibility index (Phi) is 9.28. The lowest BCUT2D eigenvalue weighted by Crippen LogP contribution is -2.32. The maximum absolute atomic E-state index is 5.79. The van der Waals surface area contributed by atoms with Crippen LogP contribution in [-0.2, 0) is 6.54 Å². The van der Waals surface area contributed by atoms with Gasteiger partial charge >= 0.3 is 0 Å². The molecule has 6 heteroatoms. The van der Waals surface area contributed by atoms with Crippen molar-refractivity contribution in [2.24, 2.45) is 10.7 Å². The fraction of sp³-hybridized carbons (Fsp3) is 0.538. The van der Waals surface area contributed by atoms with Crippen molar-refractivity contribution < 1.29 is 0 Å². The summed E-state index contributed by atoms with van der Waals surface area (Å²) in [5.74, 6) is 1.43. The molecule has 5 nitrogen and oxygen atoms in total. The summed E-state index contributed by atoms with van der Waals surface area (Å²) in [6.45, 7) is 3.57. The molecular formula is C13H24IN5. The number of halogens is 1. The van der Waals surface area contributed by atoms with E-state index in [0.29, 0.717) is 12.5 Å². The Morgan fingerprint density at radius 2 is 2.21 bits per heavy atom. The van der Waals surface area contributed by atoms with Crippen LogP contribution in [0.15, 0.2) is 23.3 Å². The molecule has 1 aromatic heterocycles. The number of rotatable bonds is 6. The highest BCUT2D eigenvalue weighted by Gasteiger charge is 2.04. The van der Waals surface area contributed by atoms with E-state index in [9.17, 15) is 0 Å². The zero-order valence-electron chi connectivity index (χ0n) is 11.9. The van der Waals surface area contributed by atoms with E-state index in [1.165, 1.54) is 0 Å². The third kappa shape index (κ3) is 6.60. The molecule has 0 unspecified atom stereocenters. The normalized spacial score (nSPS) is 10.8. The average Bonchev–Trinajstić information content (AvgIpc) is 2.37. The van der Waals surface area contributed by atoms with Crippen LogP contribution >= 0.6 is 24.0 Å². The molecule has 0 aliphatic carbocycles. The number of nitrogens with zero attached hydrogens (tertiary/aromatic N) is 3. The smallest absolute Gasteiger partial charge is 0.188 e. The van der Waals surface area contributed by atoms with Crippen LogP contribution in [0, 0.1) is 0 Å². The molecule has 1 heterocycles. The molecule has 1 rings (SSSR count). The molecular weight excluding hydrogens is 353 g/mol. The lowest BCUT2D eigenvalue weighted by Gasteiger charge is -2.14. The van der Waals surface area contributed by atoms with Gasteiger partial charge in [0.1, 0.15) is 5.82 Å². The predicted octanol–water partition coefficient (Wildman–Crippen LogP) is 1.97. The molecule has 0 amide bonds. The summed E-state index contributed by atoms with van der Waals surface area (Å²) in [5, 5.41) is 3.10. The van der Waals surface area contributed by atoms with Crippen molar-refractivity contribution in [1.29, 1.82) is 0 Å². The number of unbranched alkanes of at least 4 members (excludes halogenated alkanes) is 1. The number of pyridine rings is 1. The van der Waals surface area contributed by atoms with Gasteiger partial charge < -0.3 is 16.0 Å². The number of nitrogens with one attached hydrogen (secondary N) is 1. The lowest BCUT2D eigenvalue weighted by molar-refractivity contribution is 0.748. The van der Waals surface area contributed by atoms with Gasteiger partial charge in [-0.15, -0.1) is 24.0 Å². The van der Waals surface area contributed by atoms with Gasteiger partial charge in [-0.2, -0.15) is 0 Å². The van der Waals surface area contributed by atoms with Crippen LogP contribution in [0.2, 0.25) is 0 Å². The molecule has 3 N–H and O–H groups in total. The van der Waals surface area contributed by atoms with Crippen LogP contribution in [0.1, 0.15) is 25.3 Å². The monoisotopic (exact) mass is 377 g/mol. The first-order chi connectivity index (χ1) is 8.65. The average molecular weight is 377 g/mol. The SMILES string of the molecule is CCCCNC(N)=NCc1cccnc1N(C)C.I. The Hall–Kier alpha value is -1.05. The molecule has 0 radical (unpaired) electrons. The fourth-order valence-electron chi connectivity index (χ4n) is 1.58. The van der Waals surface area contributed by atoms with E-state index in [0.717, 1.165) is 30.8 Å². The van der Waals surface area contributed by atoms with E-state index in [2.05, 4.69) is 22.2 Å². The zero-order valence-corrected chi connectivity index (χ0v) is 14.2. The van der Waals surface area contributed by atoms with Crippen molar-refractivity contribution in [2.75, 3.05) is 25.5 Å². The van der Waals surface area contributed by atoms with Crippen molar-refractivity contribution >= 4 is 35.8 Å². The standard InChI is InChI=1S/C13H23N5.HI/c1-4-5-8-16-13(14)17-10-11-7-6-9-15-12(11)18(2)3;/h6-7,9H,4-5,8,10H2,1-3H3,(H3,14,16,17);1H. The quantitative estimate of drug-likeness (QED) is 0.344. The van der Waals surface area contributed by atoms with Crippen LogP contribution in [0.4, 0.5) is 5.82 Å². The minimum Gasteiger partial charge on any atom is -0.370 e. The third-order valence-electron chi connectivity index (χ3n) is 2.55. The van der Waals surface area contributed by atoms with Crippen molar-refractivity contribution in [1.82, 2.24) is 10.3 Å². The Bertz CT molecular complexity index is 392. The molecule has 0 aliphatic rings. The molecule has 1 aromatic rings. The summed E-state index contributed by atoms with van der Waals surface area (Å²) in [7, 11) is 3.94. The van der Waals surface area contributed by atoms with Gasteiger partial charge in [-0.1, -0.05) is 19.4 Å². The van der Waals surface area contributed by atoms with E-state index in [4.69, 9.17) is 5.73 Å². The molecule has 0 atom stereocenters. The van der Waals surface area contributed by atoms with Crippen LogP contribution < -0.4 is 16.0 Å². The summed E-state index contributed by atoms with van der Waals surface area (Å²) >= 11 is 0. The predicted molar refractivity (Wildman–Crippen MR) is 92.2 cm³/mol. The minimum absolute atomic E-state index is 0. The zero-order chi connectivity index (χ0) is 13.4. The van der Waals surface area contributed by atoms with Gasteiger partial charge in [0, 0.05) is 32.4 Å². The van der Waals surface area contributed by atoms with Gasteiger partial charge in [0.05, 0.1) is 6.54 Å². The third-order valence-corrected chi connectivity index (χ3v) is 2.55. The molecule has 108 valence electrons. The molecule has 0 aromatic carbocycles. The van der Waals surface area contributed by atoms with Crippen molar-refractivity contribution in [3.8, 4) is 0 Å². The van der Waals surface area contributed by atoms with Crippen LogP contribution in [0.25, 0.3) is 0 Å². The van der Waals surface area contributed by atoms with Gasteiger partial charge in [-0.05, 0) is 12.5 Å². The number of anilines is 1. The fourth-order valence-corrected chi connectivity index (χ4v) is 1.58. The van der Waals surface area contributed by atoms with E-state index < -0.39 is 0 Å². The minimum atomic E-state index is 0. The molecule has 0 saturated carbocycles. The summed E-state index contributed by atoms with van der Waals surface area (Å²) in [5.41, 5.74) is 6.87. The largest absolute Gasteiger partial charge is 0.370 e. The second-order valence-electron chi connectivity index (χ2n) is 4.36. The Morgan fingerprint density at radius 3 is 2.84 bits per heavy atom. The van der Waals surface area contributed by atoms with Crippen molar-refractivity contribution in [3.63, 3.8) is 0 Å². The van der Waals surface area contributed by atoms with Gasteiger partial charge in [-0.3, -0.25) is 0 Å².